The molecule has 184 valence electrons. The van der Waals surface area contributed by atoms with Crippen molar-refractivity contribution in [3.05, 3.63) is 80.2 Å². The van der Waals surface area contributed by atoms with Crippen LogP contribution < -0.4 is 14.5 Å². The number of nitro benzene ring substituents is 1. The number of nitro groups is 1. The van der Waals surface area contributed by atoms with Crippen LogP contribution in [0.15, 0.2) is 67.4 Å². The van der Waals surface area contributed by atoms with Crippen molar-refractivity contribution in [1.29, 1.82) is 0 Å². The summed E-state index contributed by atoms with van der Waals surface area (Å²) >= 11 is 3.30. The summed E-state index contributed by atoms with van der Waals surface area (Å²) in [5, 5.41) is 15.1. The molecule has 0 spiro atoms. The van der Waals surface area contributed by atoms with Gasteiger partial charge in [0, 0.05) is 17.7 Å². The van der Waals surface area contributed by atoms with Gasteiger partial charge >= 0.3 is 0 Å². The molecular weight excluding hydrogens is 544 g/mol. The van der Waals surface area contributed by atoms with E-state index < -0.39 is 27.4 Å². The Morgan fingerprint density at radius 3 is 2.49 bits per heavy atom. The summed E-state index contributed by atoms with van der Waals surface area (Å²) in [7, 11) is -2.91. The van der Waals surface area contributed by atoms with Gasteiger partial charge in [0.15, 0.2) is 0 Å². The Hall–Kier alpha value is -3.71. The van der Waals surface area contributed by atoms with Gasteiger partial charge in [0.1, 0.15) is 23.8 Å². The van der Waals surface area contributed by atoms with Crippen LogP contribution in [0.3, 0.4) is 0 Å². The predicted molar refractivity (Wildman–Crippen MR) is 132 cm³/mol. The van der Waals surface area contributed by atoms with Crippen molar-refractivity contribution in [2.24, 2.45) is 5.10 Å². The first-order valence-electron chi connectivity index (χ1n) is 10.0. The average Bonchev–Trinajstić information content (AvgIpc) is 3.14. The Labute approximate surface area is 209 Å². The highest BCUT2D eigenvalue weighted by Crippen LogP contribution is 2.29. The number of hydrogen-bond donors (Lipinski definition) is 1. The van der Waals surface area contributed by atoms with Crippen LogP contribution in [-0.4, -0.2) is 39.1 Å². The average molecular weight is 565 g/mol. The van der Waals surface area contributed by atoms with Crippen molar-refractivity contribution in [2.45, 2.75) is 18.7 Å². The van der Waals surface area contributed by atoms with Gasteiger partial charge in [-0.3, -0.25) is 19.2 Å². The Kier molecular flexibility index (Phi) is 7.92. The lowest BCUT2D eigenvalue weighted by Gasteiger charge is -2.24. The van der Waals surface area contributed by atoms with E-state index in [2.05, 4.69) is 26.5 Å². The molecule has 0 fully saturated rings. The van der Waals surface area contributed by atoms with Crippen molar-refractivity contribution in [3.63, 3.8) is 0 Å². The van der Waals surface area contributed by atoms with Crippen molar-refractivity contribution in [3.8, 4) is 5.75 Å². The number of nitrogens with zero attached hydrogens (tertiary/aromatic N) is 3. The molecule has 1 heterocycles. The van der Waals surface area contributed by atoms with Crippen molar-refractivity contribution in [2.75, 3.05) is 18.0 Å². The highest BCUT2D eigenvalue weighted by atomic mass is 79.9. The van der Waals surface area contributed by atoms with Crippen LogP contribution in [0.1, 0.15) is 17.1 Å². The fraction of sp³-hybridized carbons (Fsp3) is 0.182. The molecule has 1 aromatic heterocycles. The first-order valence-corrected chi connectivity index (χ1v) is 12.3. The van der Waals surface area contributed by atoms with Gasteiger partial charge in [-0.05, 0) is 60.1 Å². The summed E-state index contributed by atoms with van der Waals surface area (Å²) in [4.78, 5) is 23.0. The largest absolute Gasteiger partial charge is 0.497 e. The molecule has 0 unspecified atom stereocenters. The minimum atomic E-state index is -4.37. The van der Waals surface area contributed by atoms with Crippen molar-refractivity contribution >= 4 is 49.4 Å². The van der Waals surface area contributed by atoms with E-state index in [9.17, 15) is 23.3 Å². The summed E-state index contributed by atoms with van der Waals surface area (Å²) in [6, 6.07) is 11.2. The molecular formula is C22H21BrN4O7S. The fourth-order valence-electron chi connectivity index (χ4n) is 3.02. The van der Waals surface area contributed by atoms with Crippen LogP contribution in [0, 0.1) is 24.0 Å². The van der Waals surface area contributed by atoms with Crippen LogP contribution in [0.4, 0.5) is 11.4 Å². The number of hydrazone groups is 1. The van der Waals surface area contributed by atoms with E-state index >= 15 is 0 Å². The van der Waals surface area contributed by atoms with E-state index in [0.717, 1.165) is 14.8 Å². The third-order valence-electron chi connectivity index (χ3n) is 4.87. The van der Waals surface area contributed by atoms with E-state index in [1.165, 1.54) is 56.6 Å². The maximum atomic E-state index is 13.5. The van der Waals surface area contributed by atoms with Crippen LogP contribution in [0.5, 0.6) is 5.75 Å². The number of carbonyl (C=O) groups is 1. The van der Waals surface area contributed by atoms with Gasteiger partial charge in [0.05, 0.1) is 33.3 Å². The standard InChI is InChI=1S/C22H21BrN4O7S/c1-14-4-9-19(11-21(14)27(29)30)35(31,32)26(16-5-7-17(33-3)8-6-16)13-22(28)25-24-12-18-10-20(23)15(2)34-18/h4-12H,13H2,1-3H3,(H,25,28)/b24-12-. The Morgan fingerprint density at radius 2 is 1.91 bits per heavy atom. The zero-order valence-electron chi connectivity index (χ0n) is 18.9. The molecule has 3 rings (SSSR count). The van der Waals surface area contributed by atoms with Crippen LogP contribution in [0.25, 0.3) is 0 Å². The maximum Gasteiger partial charge on any atom is 0.273 e. The number of benzene rings is 2. The summed E-state index contributed by atoms with van der Waals surface area (Å²) < 4.78 is 39.0. The number of nitrogens with one attached hydrogen (secondary N) is 1. The number of methoxy groups -OCH3 is 1. The van der Waals surface area contributed by atoms with Crippen LogP contribution in [0.2, 0.25) is 0 Å². The zero-order chi connectivity index (χ0) is 25.8. The predicted octanol–water partition coefficient (Wildman–Crippen LogP) is 3.92. The molecule has 1 amide bonds. The molecule has 0 aliphatic rings. The molecule has 1 N–H and O–H groups in total. The lowest BCUT2D eigenvalue weighted by atomic mass is 10.2. The highest BCUT2D eigenvalue weighted by molar-refractivity contribution is 9.10. The van der Waals surface area contributed by atoms with Gasteiger partial charge in [0.2, 0.25) is 0 Å². The molecule has 11 nitrogen and oxygen atoms in total. The monoisotopic (exact) mass is 564 g/mol. The lowest BCUT2D eigenvalue weighted by molar-refractivity contribution is -0.385. The lowest BCUT2D eigenvalue weighted by Crippen LogP contribution is -2.39. The fourth-order valence-corrected chi connectivity index (χ4v) is 4.76. The maximum absolute atomic E-state index is 13.5. The van der Waals surface area contributed by atoms with E-state index in [1.54, 1.807) is 13.0 Å². The Bertz CT molecular complexity index is 1370. The molecule has 0 radical (unpaired) electrons. The second-order valence-corrected chi connectivity index (χ2v) is 9.98. The Morgan fingerprint density at radius 1 is 1.23 bits per heavy atom. The molecule has 0 saturated heterocycles. The Balaban J connectivity index is 1.92. The first-order chi connectivity index (χ1) is 16.5. The molecule has 0 aliphatic heterocycles. The number of anilines is 1. The number of carbonyl (C=O) groups excluding carboxylic acids is 1. The van der Waals surface area contributed by atoms with Gasteiger partial charge < -0.3 is 9.15 Å². The molecule has 13 heteroatoms. The van der Waals surface area contributed by atoms with Gasteiger partial charge in [-0.25, -0.2) is 13.8 Å². The van der Waals surface area contributed by atoms with Gasteiger partial charge in [-0.2, -0.15) is 5.10 Å². The molecule has 0 atom stereocenters. The number of sulfonamides is 1. The summed E-state index contributed by atoms with van der Waals surface area (Å²) in [5.74, 6) is 0.735. The number of aryl methyl sites for hydroxylation is 2. The second kappa shape index (κ2) is 10.7. The quantitative estimate of drug-likeness (QED) is 0.235. The molecule has 0 bridgehead atoms. The molecule has 3 aromatic rings. The van der Waals surface area contributed by atoms with Crippen LogP contribution >= 0.6 is 15.9 Å². The number of furan rings is 1. The third kappa shape index (κ3) is 6.05. The zero-order valence-corrected chi connectivity index (χ0v) is 21.3. The van der Waals surface area contributed by atoms with Crippen LogP contribution in [-0.2, 0) is 14.8 Å². The number of rotatable bonds is 9. The number of amides is 1. The molecule has 0 saturated carbocycles. The number of hydrogen-bond acceptors (Lipinski definition) is 8. The highest BCUT2D eigenvalue weighted by Gasteiger charge is 2.29. The number of halogens is 1. The smallest absolute Gasteiger partial charge is 0.273 e. The summed E-state index contributed by atoms with van der Waals surface area (Å²) in [5.41, 5.74) is 2.36. The molecule has 35 heavy (non-hydrogen) atoms. The minimum Gasteiger partial charge on any atom is -0.497 e. The van der Waals surface area contributed by atoms with E-state index in [-0.39, 0.29) is 16.3 Å². The summed E-state index contributed by atoms with van der Waals surface area (Å²) in [6.45, 7) is 2.60. The van der Waals surface area contributed by atoms with Gasteiger partial charge in [-0.15, -0.1) is 0 Å². The van der Waals surface area contributed by atoms with E-state index in [1.807, 2.05) is 0 Å². The number of ether oxygens (including phenoxy) is 1. The summed E-state index contributed by atoms with van der Waals surface area (Å²) in [6.07, 6.45) is 1.27. The van der Waals surface area contributed by atoms with Gasteiger partial charge in [0.25, 0.3) is 21.6 Å². The molecule has 2 aromatic carbocycles. The van der Waals surface area contributed by atoms with Gasteiger partial charge in [-0.1, -0.05) is 6.07 Å². The first kappa shape index (κ1) is 25.9. The molecule has 0 aliphatic carbocycles. The SMILES string of the molecule is COc1ccc(N(CC(=O)N/N=C\c2cc(Br)c(C)o2)S(=O)(=O)c2ccc(C)c([N+](=O)[O-])c2)cc1. The van der Waals surface area contributed by atoms with Crippen molar-refractivity contribution in [1.82, 2.24) is 5.43 Å². The van der Waals surface area contributed by atoms with Crippen molar-refractivity contribution < 1.29 is 27.3 Å². The third-order valence-corrected chi connectivity index (χ3v) is 7.43. The van der Waals surface area contributed by atoms with E-state index in [0.29, 0.717) is 22.8 Å². The van der Waals surface area contributed by atoms with E-state index in [4.69, 9.17) is 9.15 Å². The normalized spacial score (nSPS) is 11.4. The topological polar surface area (TPSA) is 144 Å². The second-order valence-electron chi connectivity index (χ2n) is 7.26. The minimum absolute atomic E-state index is 0.152.